The predicted octanol–water partition coefficient (Wildman–Crippen LogP) is 4.28. The molecule has 7 nitrogen and oxygen atoms in total. The van der Waals surface area contributed by atoms with Crippen molar-refractivity contribution in [2.75, 3.05) is 46.5 Å². The Labute approximate surface area is 217 Å². The zero-order valence-electron chi connectivity index (χ0n) is 21.9. The van der Waals surface area contributed by atoms with Crippen LogP contribution >= 0.6 is 0 Å². The summed E-state index contributed by atoms with van der Waals surface area (Å²) in [4.78, 5) is 30.3. The Kier molecular flexibility index (Phi) is 7.99. The van der Waals surface area contributed by atoms with E-state index in [4.69, 9.17) is 9.47 Å². The van der Waals surface area contributed by atoms with Crippen LogP contribution in [0.25, 0.3) is 5.76 Å². The van der Waals surface area contributed by atoms with Crippen LogP contribution in [0.2, 0.25) is 0 Å². The standard InChI is InChI=1S/C29H35FN2O5/c1-29(2,3)21-9-6-19(7-10-21)25-24(26(33)20-8-11-23(36-4)22(30)18-20)27(34)28(35)32(25)13-5-12-31-14-16-37-17-15-31/h6-11,18,25,33H,5,12-17H2,1-4H3/t25-/m1/s1. The number of halogens is 1. The van der Waals surface area contributed by atoms with Crippen molar-refractivity contribution in [3.63, 3.8) is 0 Å². The summed E-state index contributed by atoms with van der Waals surface area (Å²) in [6.45, 7) is 10.5. The minimum atomic E-state index is -0.774. The van der Waals surface area contributed by atoms with E-state index >= 15 is 0 Å². The number of hydrogen-bond donors (Lipinski definition) is 1. The Morgan fingerprint density at radius 3 is 2.35 bits per heavy atom. The van der Waals surface area contributed by atoms with Crippen LogP contribution in [0.1, 0.15) is 49.9 Å². The summed E-state index contributed by atoms with van der Waals surface area (Å²) in [5.41, 5.74) is 1.83. The van der Waals surface area contributed by atoms with Gasteiger partial charge in [-0.15, -0.1) is 0 Å². The molecule has 2 heterocycles. The summed E-state index contributed by atoms with van der Waals surface area (Å²) in [5.74, 6) is -2.49. The molecule has 2 aliphatic rings. The average molecular weight is 511 g/mol. The molecule has 37 heavy (non-hydrogen) atoms. The quantitative estimate of drug-likeness (QED) is 0.340. The summed E-state index contributed by atoms with van der Waals surface area (Å²) < 4.78 is 24.8. The van der Waals surface area contributed by atoms with Crippen LogP contribution in [0.15, 0.2) is 48.0 Å². The number of benzene rings is 2. The first-order valence-corrected chi connectivity index (χ1v) is 12.6. The molecule has 2 saturated heterocycles. The van der Waals surface area contributed by atoms with Gasteiger partial charge in [-0.1, -0.05) is 45.0 Å². The number of methoxy groups -OCH3 is 1. The molecule has 2 aliphatic heterocycles. The number of hydrogen-bond acceptors (Lipinski definition) is 6. The predicted molar refractivity (Wildman–Crippen MR) is 139 cm³/mol. The molecule has 0 bridgehead atoms. The second kappa shape index (κ2) is 11.0. The molecular weight excluding hydrogens is 475 g/mol. The second-order valence-corrected chi connectivity index (χ2v) is 10.5. The normalized spacial score (nSPS) is 20.5. The Balaban J connectivity index is 1.71. The average Bonchev–Trinajstić information content (AvgIpc) is 3.13. The monoisotopic (exact) mass is 510 g/mol. The van der Waals surface area contributed by atoms with Crippen molar-refractivity contribution in [1.82, 2.24) is 9.80 Å². The van der Waals surface area contributed by atoms with Gasteiger partial charge in [-0.25, -0.2) is 4.39 Å². The third kappa shape index (κ3) is 5.70. The maximum Gasteiger partial charge on any atom is 0.295 e. The number of carbonyl (C=O) groups is 2. The van der Waals surface area contributed by atoms with E-state index < -0.39 is 29.3 Å². The van der Waals surface area contributed by atoms with Gasteiger partial charge in [0.05, 0.1) is 31.9 Å². The Morgan fingerprint density at radius 2 is 1.76 bits per heavy atom. The highest BCUT2D eigenvalue weighted by atomic mass is 19.1. The van der Waals surface area contributed by atoms with E-state index in [-0.39, 0.29) is 22.3 Å². The van der Waals surface area contributed by atoms with Crippen LogP contribution in [-0.4, -0.2) is 73.1 Å². The fourth-order valence-corrected chi connectivity index (χ4v) is 4.88. The fourth-order valence-electron chi connectivity index (χ4n) is 4.88. The summed E-state index contributed by atoms with van der Waals surface area (Å²) >= 11 is 0. The van der Waals surface area contributed by atoms with Gasteiger partial charge < -0.3 is 19.5 Å². The van der Waals surface area contributed by atoms with E-state index in [1.54, 1.807) is 0 Å². The lowest BCUT2D eigenvalue weighted by Crippen LogP contribution is -2.39. The largest absolute Gasteiger partial charge is 0.507 e. The Hall–Kier alpha value is -3.23. The number of carbonyl (C=O) groups excluding carboxylic acids is 2. The number of aliphatic hydroxyl groups excluding tert-OH is 1. The van der Waals surface area contributed by atoms with Gasteiger partial charge in [0.1, 0.15) is 5.76 Å². The number of aliphatic hydroxyl groups is 1. The highest BCUT2D eigenvalue weighted by Gasteiger charge is 2.46. The van der Waals surface area contributed by atoms with E-state index in [9.17, 15) is 19.1 Å². The van der Waals surface area contributed by atoms with Crippen LogP contribution in [0, 0.1) is 5.82 Å². The molecule has 0 saturated carbocycles. The molecule has 2 aromatic rings. The number of ether oxygens (including phenoxy) is 2. The van der Waals surface area contributed by atoms with Crippen LogP contribution in [0.5, 0.6) is 5.75 Å². The van der Waals surface area contributed by atoms with Gasteiger partial charge in [-0.05, 0) is 41.2 Å². The van der Waals surface area contributed by atoms with Gasteiger partial charge in [0, 0.05) is 31.7 Å². The minimum absolute atomic E-state index is 0.0226. The molecular formula is C29H35FN2O5. The van der Waals surface area contributed by atoms with Gasteiger partial charge in [-0.2, -0.15) is 0 Å². The maximum absolute atomic E-state index is 14.4. The zero-order chi connectivity index (χ0) is 26.7. The van der Waals surface area contributed by atoms with Crippen LogP contribution in [0.4, 0.5) is 4.39 Å². The van der Waals surface area contributed by atoms with Gasteiger partial charge in [0.25, 0.3) is 11.7 Å². The molecule has 0 radical (unpaired) electrons. The molecule has 1 amide bonds. The molecule has 0 aliphatic carbocycles. The molecule has 198 valence electrons. The number of amides is 1. The van der Waals surface area contributed by atoms with Gasteiger partial charge in [0.2, 0.25) is 0 Å². The Morgan fingerprint density at radius 1 is 1.08 bits per heavy atom. The number of likely N-dealkylation sites (tertiary alicyclic amines) is 1. The van der Waals surface area contributed by atoms with E-state index in [1.807, 2.05) is 24.3 Å². The van der Waals surface area contributed by atoms with Crippen molar-refractivity contribution in [3.8, 4) is 5.75 Å². The zero-order valence-corrected chi connectivity index (χ0v) is 21.9. The van der Waals surface area contributed by atoms with Crippen LogP contribution in [0.3, 0.4) is 0 Å². The van der Waals surface area contributed by atoms with Gasteiger partial charge >= 0.3 is 0 Å². The number of ketones is 1. The lowest BCUT2D eigenvalue weighted by Gasteiger charge is -2.29. The van der Waals surface area contributed by atoms with Gasteiger partial charge in [0.15, 0.2) is 11.6 Å². The van der Waals surface area contributed by atoms with E-state index in [1.165, 1.54) is 24.1 Å². The van der Waals surface area contributed by atoms with Crippen molar-refractivity contribution in [2.45, 2.75) is 38.6 Å². The fraction of sp³-hybridized carbons (Fsp3) is 0.448. The highest BCUT2D eigenvalue weighted by molar-refractivity contribution is 6.46. The first-order chi connectivity index (χ1) is 17.6. The molecule has 2 fully saturated rings. The van der Waals surface area contributed by atoms with Crippen molar-refractivity contribution < 1.29 is 28.6 Å². The molecule has 8 heteroatoms. The molecule has 2 aromatic carbocycles. The number of morpholine rings is 1. The summed E-state index contributed by atoms with van der Waals surface area (Å²) in [6.07, 6.45) is 0.667. The van der Waals surface area contributed by atoms with E-state index in [0.29, 0.717) is 31.7 Å². The Bertz CT molecular complexity index is 1180. The first kappa shape index (κ1) is 26.8. The first-order valence-electron chi connectivity index (χ1n) is 12.6. The number of nitrogens with zero attached hydrogens (tertiary/aromatic N) is 2. The molecule has 4 rings (SSSR count). The third-order valence-corrected chi connectivity index (χ3v) is 7.03. The second-order valence-electron chi connectivity index (χ2n) is 10.5. The molecule has 1 N–H and O–H groups in total. The summed E-state index contributed by atoms with van der Waals surface area (Å²) in [5, 5.41) is 11.2. The van der Waals surface area contributed by atoms with Crippen molar-refractivity contribution in [3.05, 3.63) is 70.5 Å². The van der Waals surface area contributed by atoms with Crippen LogP contribution < -0.4 is 4.74 Å². The molecule has 0 aromatic heterocycles. The molecule has 0 spiro atoms. The van der Waals surface area contributed by atoms with E-state index in [0.717, 1.165) is 31.3 Å². The van der Waals surface area contributed by atoms with Crippen molar-refractivity contribution in [1.29, 1.82) is 0 Å². The molecule has 1 atom stereocenters. The smallest absolute Gasteiger partial charge is 0.295 e. The maximum atomic E-state index is 14.4. The minimum Gasteiger partial charge on any atom is -0.507 e. The number of rotatable bonds is 7. The topological polar surface area (TPSA) is 79.3 Å². The van der Waals surface area contributed by atoms with Crippen LogP contribution in [-0.2, 0) is 19.7 Å². The van der Waals surface area contributed by atoms with Crippen molar-refractivity contribution >= 4 is 17.4 Å². The highest BCUT2D eigenvalue weighted by Crippen LogP contribution is 2.40. The lowest BCUT2D eigenvalue weighted by atomic mass is 9.85. The lowest BCUT2D eigenvalue weighted by molar-refractivity contribution is -0.140. The number of Topliss-reactive ketones (excluding diaryl/α,β-unsaturated/α-hetero) is 1. The summed E-state index contributed by atoms with van der Waals surface area (Å²) in [6, 6.07) is 11.0. The third-order valence-electron chi connectivity index (χ3n) is 7.03. The summed E-state index contributed by atoms with van der Waals surface area (Å²) in [7, 11) is 1.35. The van der Waals surface area contributed by atoms with E-state index in [2.05, 4.69) is 25.7 Å². The van der Waals surface area contributed by atoms with Crippen molar-refractivity contribution in [2.24, 2.45) is 0 Å². The molecule has 0 unspecified atom stereocenters. The van der Waals surface area contributed by atoms with Gasteiger partial charge in [-0.3, -0.25) is 14.5 Å². The SMILES string of the molecule is COc1ccc(C(O)=C2C(=O)C(=O)N(CCCN3CCOCC3)[C@@H]2c2ccc(C(C)(C)C)cc2)cc1F.